The van der Waals surface area contributed by atoms with Crippen LogP contribution in [0.1, 0.15) is 18.2 Å². The van der Waals surface area contributed by atoms with Gasteiger partial charge in [-0.25, -0.2) is 4.99 Å². The SMILES string of the molecule is CO[C@@H](CN/C=C(\N)c1csc(=O)[nH]1)C(OC1COC1C)C(C=CN)=Nc1cc(Cl)c(Cl)cc1C(F)(F)F. The number of aromatic nitrogens is 1. The molecule has 1 aromatic carbocycles. The van der Waals surface area contributed by atoms with Gasteiger partial charge in [0.15, 0.2) is 0 Å². The highest BCUT2D eigenvalue weighted by molar-refractivity contribution is 7.07. The van der Waals surface area contributed by atoms with Gasteiger partial charge in [-0.15, -0.1) is 0 Å². The first-order valence-electron chi connectivity index (χ1n) is 11.1. The zero-order chi connectivity index (χ0) is 28.0. The zero-order valence-electron chi connectivity index (χ0n) is 20.2. The molecule has 0 bridgehead atoms. The van der Waals surface area contributed by atoms with Crippen LogP contribution in [0.4, 0.5) is 18.9 Å². The van der Waals surface area contributed by atoms with E-state index in [1.165, 1.54) is 19.4 Å². The number of ether oxygens (including phenoxy) is 3. The van der Waals surface area contributed by atoms with E-state index in [1.807, 2.05) is 0 Å². The highest BCUT2D eigenvalue weighted by Gasteiger charge is 2.38. The summed E-state index contributed by atoms with van der Waals surface area (Å²) in [5, 5.41) is 4.18. The smallest absolute Gasteiger partial charge is 0.405 e. The molecule has 4 atom stereocenters. The maximum Gasteiger partial charge on any atom is 0.418 e. The number of nitrogens with one attached hydrogen (secondary N) is 2. The molecule has 2 aromatic rings. The quantitative estimate of drug-likeness (QED) is 0.288. The number of rotatable bonds is 11. The molecule has 1 fully saturated rings. The summed E-state index contributed by atoms with van der Waals surface area (Å²) < 4.78 is 58.6. The van der Waals surface area contributed by atoms with Crippen molar-refractivity contribution in [2.24, 2.45) is 16.5 Å². The molecule has 0 spiro atoms. The molecule has 0 saturated carbocycles. The summed E-state index contributed by atoms with van der Waals surface area (Å²) >= 11 is 12.8. The molecule has 15 heteroatoms. The Morgan fingerprint density at radius 3 is 2.63 bits per heavy atom. The van der Waals surface area contributed by atoms with Crippen LogP contribution < -0.4 is 21.7 Å². The molecule has 6 N–H and O–H groups in total. The highest BCUT2D eigenvalue weighted by Crippen LogP contribution is 2.41. The van der Waals surface area contributed by atoms with E-state index in [0.717, 1.165) is 23.6 Å². The minimum Gasteiger partial charge on any atom is -0.405 e. The molecule has 38 heavy (non-hydrogen) atoms. The number of H-pyrrole nitrogens is 1. The lowest BCUT2D eigenvalue weighted by Crippen LogP contribution is -2.52. The highest BCUT2D eigenvalue weighted by atomic mass is 35.5. The number of halogens is 5. The molecular formula is C23H26Cl2F3N5O4S. The Hall–Kier alpha value is -2.55. The summed E-state index contributed by atoms with van der Waals surface area (Å²) in [5.74, 6) is 0. The lowest BCUT2D eigenvalue weighted by Gasteiger charge is -2.38. The van der Waals surface area contributed by atoms with Crippen molar-refractivity contribution in [2.75, 3.05) is 20.3 Å². The van der Waals surface area contributed by atoms with Crippen molar-refractivity contribution in [3.8, 4) is 0 Å². The molecule has 3 unspecified atom stereocenters. The first-order chi connectivity index (χ1) is 17.9. The maximum atomic E-state index is 13.8. The Morgan fingerprint density at radius 2 is 2.11 bits per heavy atom. The predicted molar refractivity (Wildman–Crippen MR) is 142 cm³/mol. The molecule has 2 heterocycles. The zero-order valence-corrected chi connectivity index (χ0v) is 22.5. The van der Waals surface area contributed by atoms with Crippen LogP contribution in [0.5, 0.6) is 0 Å². The summed E-state index contributed by atoms with van der Waals surface area (Å²) in [7, 11) is 1.41. The Bertz CT molecular complexity index is 1260. The van der Waals surface area contributed by atoms with Gasteiger partial charge < -0.3 is 36.0 Å². The average Bonchev–Trinajstić information content (AvgIpc) is 3.29. The molecule has 1 aliphatic rings. The van der Waals surface area contributed by atoms with E-state index >= 15 is 0 Å². The number of methoxy groups -OCH3 is 1. The summed E-state index contributed by atoms with van der Waals surface area (Å²) in [5.41, 5.74) is 10.8. The van der Waals surface area contributed by atoms with E-state index < -0.39 is 29.6 Å². The van der Waals surface area contributed by atoms with Gasteiger partial charge in [-0.2, -0.15) is 13.2 Å². The van der Waals surface area contributed by atoms with E-state index in [-0.39, 0.29) is 51.7 Å². The van der Waals surface area contributed by atoms with Crippen molar-refractivity contribution < 1.29 is 27.4 Å². The van der Waals surface area contributed by atoms with Crippen LogP contribution in [0, 0.1) is 0 Å². The topological polar surface area (TPSA) is 137 Å². The number of hydrogen-bond donors (Lipinski definition) is 4. The normalized spacial score (nSPS) is 20.4. The molecule has 1 aromatic heterocycles. The van der Waals surface area contributed by atoms with Crippen molar-refractivity contribution in [1.29, 1.82) is 0 Å². The van der Waals surface area contributed by atoms with Gasteiger partial charge in [-0.1, -0.05) is 34.5 Å². The molecule has 3 rings (SSSR count). The summed E-state index contributed by atoms with van der Waals surface area (Å²) in [6, 6.07) is 1.73. The lowest BCUT2D eigenvalue weighted by atomic mass is 10.0. The number of alkyl halides is 3. The number of nitrogens with two attached hydrogens (primary N) is 2. The number of aromatic amines is 1. The Labute approximate surface area is 230 Å². The van der Waals surface area contributed by atoms with E-state index in [9.17, 15) is 18.0 Å². The van der Waals surface area contributed by atoms with Gasteiger partial charge in [0, 0.05) is 25.2 Å². The third kappa shape index (κ3) is 7.52. The fourth-order valence-electron chi connectivity index (χ4n) is 3.44. The number of aliphatic imine (C=N–C) groups is 1. The van der Waals surface area contributed by atoms with Crippen LogP contribution in [0.15, 0.2) is 45.8 Å². The molecule has 208 valence electrons. The fourth-order valence-corrected chi connectivity index (χ4v) is 4.35. The second kappa shape index (κ2) is 13.0. The molecule has 1 saturated heterocycles. The summed E-state index contributed by atoms with van der Waals surface area (Å²) in [6.45, 7) is 2.18. The van der Waals surface area contributed by atoms with Crippen molar-refractivity contribution in [1.82, 2.24) is 10.3 Å². The van der Waals surface area contributed by atoms with Crippen LogP contribution in [0.25, 0.3) is 5.70 Å². The second-order valence-corrected chi connectivity index (χ2v) is 9.81. The van der Waals surface area contributed by atoms with Gasteiger partial charge in [-0.3, -0.25) is 4.79 Å². The monoisotopic (exact) mass is 595 g/mol. The molecule has 0 radical (unpaired) electrons. The van der Waals surface area contributed by atoms with Crippen LogP contribution >= 0.6 is 34.5 Å². The van der Waals surface area contributed by atoms with Gasteiger partial charge in [0.2, 0.25) is 0 Å². The third-order valence-electron chi connectivity index (χ3n) is 5.57. The van der Waals surface area contributed by atoms with Gasteiger partial charge >= 0.3 is 11.0 Å². The Morgan fingerprint density at radius 1 is 1.39 bits per heavy atom. The van der Waals surface area contributed by atoms with Gasteiger partial charge in [0.05, 0.1) is 51.1 Å². The number of thiazole rings is 1. The molecular weight excluding hydrogens is 570 g/mol. The standard InChI is InChI=1S/C23H26Cl2F3N5O4S/c1-11-20(9-36-11)37-21(19(35-2)8-31-7-15(30)18-10-38-22(34)33-18)16(3-4-29)32-17-6-14(25)13(24)5-12(17)23(26,27)28/h3-7,10-11,19-21,31H,8-9,29-30H2,1-2H3,(H,33,34)/b4-3?,15-7-,32-16?/t11?,19-,20?,21?/m0/s1. The Balaban J connectivity index is 1.98. The Kier molecular flexibility index (Phi) is 10.3. The first kappa shape index (κ1) is 30.0. The maximum absolute atomic E-state index is 13.8. The van der Waals surface area contributed by atoms with Crippen LogP contribution in [0.3, 0.4) is 0 Å². The molecule has 0 amide bonds. The van der Waals surface area contributed by atoms with Crippen molar-refractivity contribution in [3.63, 3.8) is 0 Å². The predicted octanol–water partition coefficient (Wildman–Crippen LogP) is 4.04. The number of nitrogens with zero attached hydrogens (tertiary/aromatic N) is 1. The van der Waals surface area contributed by atoms with Crippen molar-refractivity contribution in [3.05, 3.63) is 67.0 Å². The summed E-state index contributed by atoms with van der Waals surface area (Å²) in [4.78, 5) is 18.0. The minimum absolute atomic E-state index is 0.0447. The van der Waals surface area contributed by atoms with E-state index in [1.54, 1.807) is 12.3 Å². The lowest BCUT2D eigenvalue weighted by molar-refractivity contribution is -0.201. The van der Waals surface area contributed by atoms with Gasteiger partial charge in [0.25, 0.3) is 0 Å². The van der Waals surface area contributed by atoms with E-state index in [2.05, 4.69) is 15.3 Å². The van der Waals surface area contributed by atoms with Crippen LogP contribution in [-0.4, -0.2) is 55.4 Å². The van der Waals surface area contributed by atoms with Crippen LogP contribution in [0.2, 0.25) is 10.0 Å². The molecule has 9 nitrogen and oxygen atoms in total. The average molecular weight is 596 g/mol. The first-order valence-corrected chi connectivity index (χ1v) is 12.8. The largest absolute Gasteiger partial charge is 0.418 e. The fraction of sp³-hybridized carbons (Fsp3) is 0.391. The van der Waals surface area contributed by atoms with E-state index in [0.29, 0.717) is 11.8 Å². The van der Waals surface area contributed by atoms with Gasteiger partial charge in [-0.05, 0) is 31.3 Å². The minimum atomic E-state index is -4.76. The van der Waals surface area contributed by atoms with Crippen molar-refractivity contribution in [2.45, 2.75) is 37.5 Å². The summed E-state index contributed by atoms with van der Waals surface area (Å²) in [6.07, 6.45) is -3.24. The molecule has 0 aliphatic carbocycles. The van der Waals surface area contributed by atoms with E-state index in [4.69, 9.17) is 48.9 Å². The number of benzene rings is 1. The van der Waals surface area contributed by atoms with Crippen LogP contribution in [-0.2, 0) is 20.4 Å². The molecule has 1 aliphatic heterocycles. The van der Waals surface area contributed by atoms with Crippen molar-refractivity contribution >= 4 is 51.6 Å². The third-order valence-corrected chi connectivity index (χ3v) is 6.96. The second-order valence-electron chi connectivity index (χ2n) is 8.15. The number of hydrogen-bond acceptors (Lipinski definition) is 9. The van der Waals surface area contributed by atoms with Gasteiger partial charge in [0.1, 0.15) is 18.3 Å².